The van der Waals surface area contributed by atoms with E-state index in [1.54, 1.807) is 6.07 Å². The lowest BCUT2D eigenvalue weighted by molar-refractivity contribution is 0.402. The summed E-state index contributed by atoms with van der Waals surface area (Å²) in [6.07, 6.45) is 3.85. The zero-order chi connectivity index (χ0) is 15.0. The third kappa shape index (κ3) is 2.81. The van der Waals surface area contributed by atoms with Crippen LogP contribution in [0.2, 0.25) is 0 Å². The molecular weight excluding hydrogens is 284 g/mol. The Morgan fingerprint density at radius 3 is 2.76 bits per heavy atom. The normalized spacial score (nSPS) is 29.0. The average molecular weight is 308 g/mol. The van der Waals surface area contributed by atoms with E-state index in [2.05, 4.69) is 23.9 Å². The number of sulfonamides is 1. The first-order chi connectivity index (χ1) is 9.99. The lowest BCUT2D eigenvalue weighted by Gasteiger charge is -2.23. The van der Waals surface area contributed by atoms with Crippen LogP contribution >= 0.6 is 0 Å². The van der Waals surface area contributed by atoms with Crippen LogP contribution in [0.5, 0.6) is 0 Å². The van der Waals surface area contributed by atoms with Gasteiger partial charge in [0.15, 0.2) is 0 Å². The smallest absolute Gasteiger partial charge is 0.241 e. The Kier molecular flexibility index (Phi) is 3.97. The summed E-state index contributed by atoms with van der Waals surface area (Å²) in [5.74, 6) is 0.987. The van der Waals surface area contributed by atoms with Crippen molar-refractivity contribution in [1.82, 2.24) is 4.72 Å². The van der Waals surface area contributed by atoms with Gasteiger partial charge in [0.1, 0.15) is 0 Å². The highest BCUT2D eigenvalue weighted by molar-refractivity contribution is 7.89. The van der Waals surface area contributed by atoms with Crippen LogP contribution in [0.15, 0.2) is 23.1 Å². The molecule has 1 heterocycles. The van der Waals surface area contributed by atoms with Crippen molar-refractivity contribution >= 4 is 15.7 Å². The first-order valence-electron chi connectivity index (χ1n) is 7.87. The molecule has 1 aliphatic heterocycles. The third-order valence-corrected chi connectivity index (χ3v) is 6.69. The summed E-state index contributed by atoms with van der Waals surface area (Å²) >= 11 is 0. The lowest BCUT2D eigenvalue weighted by Crippen LogP contribution is -2.38. The third-order valence-electron chi connectivity index (χ3n) is 5.11. The van der Waals surface area contributed by atoms with Crippen LogP contribution < -0.4 is 10.0 Å². The summed E-state index contributed by atoms with van der Waals surface area (Å²) in [5, 5.41) is 3.29. The van der Waals surface area contributed by atoms with E-state index >= 15 is 0 Å². The van der Waals surface area contributed by atoms with Gasteiger partial charge in [-0.15, -0.1) is 0 Å². The van der Waals surface area contributed by atoms with Gasteiger partial charge in [0.25, 0.3) is 0 Å². The number of rotatable bonds is 3. The number of anilines is 1. The van der Waals surface area contributed by atoms with E-state index in [0.29, 0.717) is 16.7 Å². The van der Waals surface area contributed by atoms with E-state index in [4.69, 9.17) is 0 Å². The molecule has 3 unspecified atom stereocenters. The number of hydrogen-bond acceptors (Lipinski definition) is 3. The van der Waals surface area contributed by atoms with E-state index < -0.39 is 10.0 Å². The van der Waals surface area contributed by atoms with E-state index in [1.807, 2.05) is 12.1 Å². The molecule has 21 heavy (non-hydrogen) atoms. The van der Waals surface area contributed by atoms with E-state index in [0.717, 1.165) is 43.5 Å². The van der Waals surface area contributed by atoms with Crippen LogP contribution in [-0.4, -0.2) is 21.0 Å². The minimum Gasteiger partial charge on any atom is -0.385 e. The van der Waals surface area contributed by atoms with Crippen LogP contribution in [0.25, 0.3) is 0 Å². The Hall–Kier alpha value is -1.07. The summed E-state index contributed by atoms with van der Waals surface area (Å²) in [5.41, 5.74) is 1.91. The molecule has 116 valence electrons. The molecule has 1 aromatic carbocycles. The van der Waals surface area contributed by atoms with Gasteiger partial charge in [0, 0.05) is 18.3 Å². The molecule has 3 atom stereocenters. The molecule has 5 heteroatoms. The molecule has 1 saturated carbocycles. The molecule has 0 bridgehead atoms. The molecule has 3 rings (SSSR count). The number of hydrogen-bond donors (Lipinski definition) is 2. The Balaban J connectivity index is 1.89. The average Bonchev–Trinajstić information content (AvgIpc) is 2.78. The molecule has 2 N–H and O–H groups in total. The fraction of sp³-hybridized carbons (Fsp3) is 0.625. The van der Waals surface area contributed by atoms with Crippen molar-refractivity contribution in [3.8, 4) is 0 Å². The zero-order valence-electron chi connectivity index (χ0n) is 12.7. The molecule has 0 aromatic heterocycles. The molecule has 1 aromatic rings. The van der Waals surface area contributed by atoms with Crippen molar-refractivity contribution in [3.05, 3.63) is 23.8 Å². The number of benzene rings is 1. The van der Waals surface area contributed by atoms with Crippen molar-refractivity contribution < 1.29 is 8.42 Å². The molecule has 1 aliphatic carbocycles. The Morgan fingerprint density at radius 1 is 1.24 bits per heavy atom. The second kappa shape index (κ2) is 5.61. The van der Waals surface area contributed by atoms with Crippen molar-refractivity contribution in [3.63, 3.8) is 0 Å². The summed E-state index contributed by atoms with van der Waals surface area (Å²) in [6.45, 7) is 5.27. The van der Waals surface area contributed by atoms with Crippen molar-refractivity contribution in [2.75, 3.05) is 11.9 Å². The quantitative estimate of drug-likeness (QED) is 0.902. The van der Waals surface area contributed by atoms with Gasteiger partial charge >= 0.3 is 0 Å². The maximum Gasteiger partial charge on any atom is 0.241 e. The lowest BCUT2D eigenvalue weighted by atomic mass is 9.98. The van der Waals surface area contributed by atoms with Gasteiger partial charge in [-0.05, 0) is 55.2 Å². The van der Waals surface area contributed by atoms with E-state index in [-0.39, 0.29) is 6.04 Å². The van der Waals surface area contributed by atoms with Gasteiger partial charge in [-0.1, -0.05) is 19.9 Å². The highest BCUT2D eigenvalue weighted by atomic mass is 32.2. The largest absolute Gasteiger partial charge is 0.385 e. The number of fused-ring (bicyclic) bond motifs is 1. The molecule has 0 spiro atoms. The molecule has 0 saturated heterocycles. The standard InChI is InChI=1S/C16H24N2O2S/c1-11-8-9-14(12(11)2)18-21(19,20)16-7-3-6-15-13(16)5-4-10-17-15/h3,6-7,11-12,14,17-18H,4-5,8-10H2,1-2H3. The van der Waals surface area contributed by atoms with Gasteiger partial charge in [-0.25, -0.2) is 13.1 Å². The Bertz CT molecular complexity index is 627. The summed E-state index contributed by atoms with van der Waals surface area (Å²) in [4.78, 5) is 0.457. The Morgan fingerprint density at radius 2 is 2.05 bits per heavy atom. The predicted molar refractivity (Wildman–Crippen MR) is 84.9 cm³/mol. The first kappa shape index (κ1) is 14.9. The highest BCUT2D eigenvalue weighted by Gasteiger charge is 2.34. The van der Waals surface area contributed by atoms with Gasteiger partial charge in [0.2, 0.25) is 10.0 Å². The fourth-order valence-corrected chi connectivity index (χ4v) is 5.18. The van der Waals surface area contributed by atoms with Gasteiger partial charge < -0.3 is 5.32 Å². The molecule has 2 aliphatic rings. The van der Waals surface area contributed by atoms with Crippen LogP contribution in [0.3, 0.4) is 0 Å². The first-order valence-corrected chi connectivity index (χ1v) is 9.35. The van der Waals surface area contributed by atoms with Gasteiger partial charge in [-0.2, -0.15) is 0 Å². The van der Waals surface area contributed by atoms with Crippen molar-refractivity contribution in [2.45, 2.75) is 50.5 Å². The second-order valence-corrected chi connectivity index (χ2v) is 8.14. The van der Waals surface area contributed by atoms with Gasteiger partial charge in [-0.3, -0.25) is 0 Å². The minimum absolute atomic E-state index is 0.0670. The maximum absolute atomic E-state index is 12.8. The summed E-state index contributed by atoms with van der Waals surface area (Å²) in [6, 6.07) is 5.59. The molecule has 1 fully saturated rings. The van der Waals surface area contributed by atoms with E-state index in [1.165, 1.54) is 0 Å². The number of nitrogens with one attached hydrogen (secondary N) is 2. The molecule has 4 nitrogen and oxygen atoms in total. The fourth-order valence-electron chi connectivity index (χ4n) is 3.52. The predicted octanol–water partition coefficient (Wildman–Crippen LogP) is 2.76. The van der Waals surface area contributed by atoms with Gasteiger partial charge in [0.05, 0.1) is 4.90 Å². The van der Waals surface area contributed by atoms with Crippen LogP contribution in [0, 0.1) is 11.8 Å². The SMILES string of the molecule is CC1CCC(NS(=O)(=O)c2cccc3c2CCCN3)C1C. The Labute approximate surface area is 127 Å². The molecule has 0 amide bonds. The highest BCUT2D eigenvalue weighted by Crippen LogP contribution is 2.33. The van der Waals surface area contributed by atoms with Crippen molar-refractivity contribution in [2.24, 2.45) is 11.8 Å². The minimum atomic E-state index is -3.43. The van der Waals surface area contributed by atoms with E-state index in [9.17, 15) is 8.42 Å². The molecule has 0 radical (unpaired) electrons. The maximum atomic E-state index is 12.8. The monoisotopic (exact) mass is 308 g/mol. The van der Waals surface area contributed by atoms with Crippen LogP contribution in [0.1, 0.15) is 38.7 Å². The van der Waals surface area contributed by atoms with Crippen molar-refractivity contribution in [1.29, 1.82) is 0 Å². The second-order valence-electron chi connectivity index (χ2n) is 6.45. The van der Waals surface area contributed by atoms with Crippen LogP contribution in [-0.2, 0) is 16.4 Å². The summed E-state index contributed by atoms with van der Waals surface area (Å²) in [7, 11) is -3.43. The zero-order valence-corrected chi connectivity index (χ0v) is 13.5. The van der Waals surface area contributed by atoms with Crippen LogP contribution in [0.4, 0.5) is 5.69 Å². The summed E-state index contributed by atoms with van der Waals surface area (Å²) < 4.78 is 28.5. The molecular formula is C16H24N2O2S. The topological polar surface area (TPSA) is 58.2 Å².